The predicted molar refractivity (Wildman–Crippen MR) is 68.2 cm³/mol. The molecule has 1 fully saturated rings. The summed E-state index contributed by atoms with van der Waals surface area (Å²) in [4.78, 5) is 27.0. The van der Waals surface area contributed by atoms with Crippen molar-refractivity contribution in [3.8, 4) is 0 Å². The standard InChI is InChI=1S/C12H23N3O3/c1-4-14(3)11(16)9-13-10(2)12(17)15-5-7-18-8-6-15/h10,13H,4-9H2,1-3H3. The highest BCUT2D eigenvalue weighted by molar-refractivity contribution is 5.83. The fraction of sp³-hybridized carbons (Fsp3) is 0.833. The Balaban J connectivity index is 2.33. The average molecular weight is 257 g/mol. The lowest BCUT2D eigenvalue weighted by Gasteiger charge is -2.29. The van der Waals surface area contributed by atoms with Crippen LogP contribution < -0.4 is 5.32 Å². The zero-order valence-corrected chi connectivity index (χ0v) is 11.4. The fourth-order valence-electron chi connectivity index (χ4n) is 1.70. The number of ether oxygens (including phenoxy) is 1. The van der Waals surface area contributed by atoms with Crippen LogP contribution in [0.2, 0.25) is 0 Å². The molecule has 0 radical (unpaired) electrons. The van der Waals surface area contributed by atoms with Crippen molar-refractivity contribution >= 4 is 11.8 Å². The molecule has 6 nitrogen and oxygen atoms in total. The minimum atomic E-state index is -0.336. The summed E-state index contributed by atoms with van der Waals surface area (Å²) in [6.45, 7) is 7.03. The Bertz CT molecular complexity index is 290. The van der Waals surface area contributed by atoms with Crippen molar-refractivity contribution in [1.29, 1.82) is 0 Å². The number of rotatable bonds is 5. The number of hydrogen-bond acceptors (Lipinski definition) is 4. The first-order valence-corrected chi connectivity index (χ1v) is 6.40. The van der Waals surface area contributed by atoms with Crippen molar-refractivity contribution < 1.29 is 14.3 Å². The van der Waals surface area contributed by atoms with E-state index in [4.69, 9.17) is 4.74 Å². The quantitative estimate of drug-likeness (QED) is 0.707. The van der Waals surface area contributed by atoms with Crippen LogP contribution in [0.5, 0.6) is 0 Å². The molecule has 1 rings (SSSR count). The number of nitrogens with one attached hydrogen (secondary N) is 1. The highest BCUT2D eigenvalue weighted by atomic mass is 16.5. The van der Waals surface area contributed by atoms with Crippen LogP contribution in [-0.2, 0) is 14.3 Å². The second kappa shape index (κ2) is 7.33. The van der Waals surface area contributed by atoms with Gasteiger partial charge in [0.1, 0.15) is 0 Å². The molecular weight excluding hydrogens is 234 g/mol. The second-order valence-electron chi connectivity index (χ2n) is 4.45. The van der Waals surface area contributed by atoms with E-state index in [0.29, 0.717) is 32.8 Å². The summed E-state index contributed by atoms with van der Waals surface area (Å²) in [6, 6.07) is -0.336. The highest BCUT2D eigenvalue weighted by Crippen LogP contribution is 2.00. The maximum absolute atomic E-state index is 12.0. The van der Waals surface area contributed by atoms with Gasteiger partial charge in [0, 0.05) is 26.7 Å². The lowest BCUT2D eigenvalue weighted by atomic mass is 10.2. The van der Waals surface area contributed by atoms with Gasteiger partial charge in [0.15, 0.2) is 0 Å². The van der Waals surface area contributed by atoms with Crippen molar-refractivity contribution in [2.45, 2.75) is 19.9 Å². The van der Waals surface area contributed by atoms with Crippen molar-refractivity contribution in [3.05, 3.63) is 0 Å². The summed E-state index contributed by atoms with van der Waals surface area (Å²) >= 11 is 0. The van der Waals surface area contributed by atoms with Gasteiger partial charge in [0.25, 0.3) is 0 Å². The van der Waals surface area contributed by atoms with E-state index in [1.807, 2.05) is 6.92 Å². The molecule has 1 N–H and O–H groups in total. The smallest absolute Gasteiger partial charge is 0.239 e. The van der Waals surface area contributed by atoms with E-state index in [1.54, 1.807) is 23.8 Å². The van der Waals surface area contributed by atoms with E-state index in [0.717, 1.165) is 0 Å². The number of amides is 2. The fourth-order valence-corrected chi connectivity index (χ4v) is 1.70. The molecule has 1 atom stereocenters. The van der Waals surface area contributed by atoms with Gasteiger partial charge in [-0.25, -0.2) is 0 Å². The Morgan fingerprint density at radius 3 is 2.56 bits per heavy atom. The maximum atomic E-state index is 12.0. The molecule has 0 aliphatic carbocycles. The first-order valence-electron chi connectivity index (χ1n) is 6.40. The van der Waals surface area contributed by atoms with Gasteiger partial charge < -0.3 is 14.5 Å². The van der Waals surface area contributed by atoms with E-state index in [-0.39, 0.29) is 24.4 Å². The molecule has 1 heterocycles. The third-order valence-electron chi connectivity index (χ3n) is 3.15. The van der Waals surface area contributed by atoms with E-state index in [2.05, 4.69) is 5.32 Å². The number of likely N-dealkylation sites (N-methyl/N-ethyl adjacent to an activating group) is 1. The SMILES string of the molecule is CCN(C)C(=O)CNC(C)C(=O)N1CCOCC1. The molecule has 0 aromatic rings. The normalized spacial score (nSPS) is 17.4. The Hall–Kier alpha value is -1.14. The Kier molecular flexibility index (Phi) is 6.07. The topological polar surface area (TPSA) is 61.9 Å². The lowest BCUT2D eigenvalue weighted by Crippen LogP contribution is -2.50. The van der Waals surface area contributed by atoms with Crippen LogP contribution in [0.3, 0.4) is 0 Å². The zero-order chi connectivity index (χ0) is 13.5. The van der Waals surface area contributed by atoms with Crippen LogP contribution in [-0.4, -0.2) is 74.1 Å². The molecule has 18 heavy (non-hydrogen) atoms. The van der Waals surface area contributed by atoms with Gasteiger partial charge in [-0.2, -0.15) is 0 Å². The molecule has 6 heteroatoms. The monoisotopic (exact) mass is 257 g/mol. The molecule has 1 aliphatic rings. The van der Waals surface area contributed by atoms with Gasteiger partial charge in [-0.3, -0.25) is 14.9 Å². The van der Waals surface area contributed by atoms with Gasteiger partial charge in [0.2, 0.25) is 11.8 Å². The van der Waals surface area contributed by atoms with Gasteiger partial charge in [-0.15, -0.1) is 0 Å². The average Bonchev–Trinajstić information content (AvgIpc) is 2.43. The summed E-state index contributed by atoms with van der Waals surface area (Å²) in [5, 5.41) is 2.97. The number of hydrogen-bond donors (Lipinski definition) is 1. The molecule has 0 spiro atoms. The molecule has 1 unspecified atom stereocenters. The van der Waals surface area contributed by atoms with Crippen molar-refractivity contribution in [1.82, 2.24) is 15.1 Å². The highest BCUT2D eigenvalue weighted by Gasteiger charge is 2.22. The molecule has 1 aliphatic heterocycles. The summed E-state index contributed by atoms with van der Waals surface area (Å²) in [5.41, 5.74) is 0. The van der Waals surface area contributed by atoms with Gasteiger partial charge in [-0.05, 0) is 13.8 Å². The number of morpholine rings is 1. The minimum absolute atomic E-state index is 0.000808. The molecular formula is C12H23N3O3. The molecule has 0 aromatic heterocycles. The Labute approximate surface area is 108 Å². The number of nitrogens with zero attached hydrogens (tertiary/aromatic N) is 2. The molecule has 0 bridgehead atoms. The van der Waals surface area contributed by atoms with Crippen LogP contribution in [0.15, 0.2) is 0 Å². The van der Waals surface area contributed by atoms with E-state index < -0.39 is 0 Å². The van der Waals surface area contributed by atoms with Gasteiger partial charge >= 0.3 is 0 Å². The molecule has 104 valence electrons. The van der Waals surface area contributed by atoms with Gasteiger partial charge in [0.05, 0.1) is 25.8 Å². The third kappa shape index (κ3) is 4.27. The third-order valence-corrected chi connectivity index (χ3v) is 3.15. The van der Waals surface area contributed by atoms with E-state index in [1.165, 1.54) is 0 Å². The summed E-state index contributed by atoms with van der Waals surface area (Å²) in [6.07, 6.45) is 0. The van der Waals surface area contributed by atoms with E-state index >= 15 is 0 Å². The predicted octanol–water partition coefficient (Wildman–Crippen LogP) is -0.698. The molecule has 0 saturated carbocycles. The maximum Gasteiger partial charge on any atom is 0.239 e. The van der Waals surface area contributed by atoms with Crippen LogP contribution in [0, 0.1) is 0 Å². The van der Waals surface area contributed by atoms with E-state index in [9.17, 15) is 9.59 Å². The van der Waals surface area contributed by atoms with Crippen LogP contribution in [0.25, 0.3) is 0 Å². The Morgan fingerprint density at radius 1 is 1.39 bits per heavy atom. The molecule has 1 saturated heterocycles. The Morgan fingerprint density at radius 2 is 2.00 bits per heavy atom. The van der Waals surface area contributed by atoms with Crippen molar-refractivity contribution in [2.75, 3.05) is 46.4 Å². The number of carbonyl (C=O) groups excluding carboxylic acids is 2. The summed E-state index contributed by atoms with van der Waals surface area (Å²) in [7, 11) is 1.75. The van der Waals surface area contributed by atoms with Gasteiger partial charge in [-0.1, -0.05) is 0 Å². The first kappa shape index (κ1) is 14.9. The largest absolute Gasteiger partial charge is 0.378 e. The molecule has 0 aromatic carbocycles. The lowest BCUT2D eigenvalue weighted by molar-refractivity contribution is -0.137. The van der Waals surface area contributed by atoms with Crippen LogP contribution in [0.4, 0.5) is 0 Å². The minimum Gasteiger partial charge on any atom is -0.378 e. The first-order chi connectivity index (χ1) is 8.56. The second-order valence-corrected chi connectivity index (χ2v) is 4.45. The van der Waals surface area contributed by atoms with Crippen molar-refractivity contribution in [3.63, 3.8) is 0 Å². The van der Waals surface area contributed by atoms with Crippen LogP contribution >= 0.6 is 0 Å². The number of carbonyl (C=O) groups is 2. The molecule has 2 amide bonds. The summed E-state index contributed by atoms with van der Waals surface area (Å²) in [5.74, 6) is 0.0318. The van der Waals surface area contributed by atoms with Crippen LogP contribution in [0.1, 0.15) is 13.8 Å². The summed E-state index contributed by atoms with van der Waals surface area (Å²) < 4.78 is 5.20. The zero-order valence-electron chi connectivity index (χ0n) is 11.4. The van der Waals surface area contributed by atoms with Crippen molar-refractivity contribution in [2.24, 2.45) is 0 Å².